The minimum atomic E-state index is 0.562. The normalized spacial score (nSPS) is 32.4. The molecule has 4 atom stereocenters. The van der Waals surface area contributed by atoms with E-state index < -0.39 is 0 Å². The maximum atomic E-state index is 5.81. The van der Waals surface area contributed by atoms with Crippen LogP contribution in [0.25, 0.3) is 0 Å². The van der Waals surface area contributed by atoms with Crippen molar-refractivity contribution >= 4 is 0 Å². The minimum absolute atomic E-state index is 0.562. The van der Waals surface area contributed by atoms with Gasteiger partial charge in [-0.1, -0.05) is 33.1 Å². The predicted molar refractivity (Wildman–Crippen MR) is 86.0 cm³/mol. The number of nitrogens with one attached hydrogen (secondary N) is 1. The van der Waals surface area contributed by atoms with E-state index in [1.54, 1.807) is 0 Å². The van der Waals surface area contributed by atoms with Crippen LogP contribution in [0.4, 0.5) is 0 Å². The summed E-state index contributed by atoms with van der Waals surface area (Å²) >= 11 is 0. The fourth-order valence-electron chi connectivity index (χ4n) is 4.14. The maximum absolute atomic E-state index is 5.81. The Kier molecular flexibility index (Phi) is 7.37. The van der Waals surface area contributed by atoms with E-state index in [0.717, 1.165) is 24.5 Å². The summed E-state index contributed by atoms with van der Waals surface area (Å²) in [5.41, 5.74) is 0. The van der Waals surface area contributed by atoms with Gasteiger partial charge in [0.05, 0.1) is 6.10 Å². The van der Waals surface area contributed by atoms with Crippen molar-refractivity contribution in [3.8, 4) is 0 Å². The first kappa shape index (κ1) is 16.3. The fraction of sp³-hybridized carbons (Fsp3) is 1.00. The van der Waals surface area contributed by atoms with Gasteiger partial charge in [0.1, 0.15) is 0 Å². The number of hydrogen-bond donors (Lipinski definition) is 1. The van der Waals surface area contributed by atoms with E-state index in [2.05, 4.69) is 19.2 Å². The monoisotopic (exact) mass is 281 g/mol. The number of ether oxygens (including phenoxy) is 1. The molecule has 118 valence electrons. The second kappa shape index (κ2) is 9.04. The Balaban J connectivity index is 1.81. The standard InChI is InChI=1S/C18H35NO/c1-3-12-19-18(11-10-17-9-6-13-20-17)16-8-5-7-15(4-2)14-16/h15-19H,3-14H2,1-2H3. The molecule has 0 radical (unpaired) electrons. The van der Waals surface area contributed by atoms with Gasteiger partial charge in [0.25, 0.3) is 0 Å². The van der Waals surface area contributed by atoms with Crippen molar-refractivity contribution in [1.29, 1.82) is 0 Å². The Morgan fingerprint density at radius 3 is 2.75 bits per heavy atom. The zero-order chi connectivity index (χ0) is 14.2. The van der Waals surface area contributed by atoms with Crippen molar-refractivity contribution in [1.82, 2.24) is 5.32 Å². The molecular weight excluding hydrogens is 246 g/mol. The van der Waals surface area contributed by atoms with Gasteiger partial charge in [-0.15, -0.1) is 0 Å². The molecule has 1 saturated carbocycles. The molecule has 1 aliphatic carbocycles. The van der Waals surface area contributed by atoms with Crippen molar-refractivity contribution in [2.24, 2.45) is 11.8 Å². The van der Waals surface area contributed by atoms with Gasteiger partial charge in [-0.25, -0.2) is 0 Å². The van der Waals surface area contributed by atoms with Crippen LogP contribution in [0.2, 0.25) is 0 Å². The lowest BCUT2D eigenvalue weighted by Crippen LogP contribution is -2.39. The van der Waals surface area contributed by atoms with Crippen LogP contribution in [0.5, 0.6) is 0 Å². The smallest absolute Gasteiger partial charge is 0.0576 e. The molecule has 0 aromatic rings. The average Bonchev–Trinajstić information content (AvgIpc) is 3.01. The van der Waals surface area contributed by atoms with Crippen molar-refractivity contribution in [3.05, 3.63) is 0 Å². The van der Waals surface area contributed by atoms with E-state index in [-0.39, 0.29) is 0 Å². The van der Waals surface area contributed by atoms with Gasteiger partial charge in [0.2, 0.25) is 0 Å². The van der Waals surface area contributed by atoms with E-state index >= 15 is 0 Å². The third kappa shape index (κ3) is 5.04. The highest BCUT2D eigenvalue weighted by molar-refractivity contribution is 4.83. The Labute approximate surface area is 126 Å². The molecule has 1 saturated heterocycles. The van der Waals surface area contributed by atoms with Crippen LogP contribution in [0.15, 0.2) is 0 Å². The zero-order valence-electron chi connectivity index (χ0n) is 13.7. The molecule has 2 fully saturated rings. The third-order valence-electron chi connectivity index (χ3n) is 5.45. The van der Waals surface area contributed by atoms with Gasteiger partial charge in [-0.2, -0.15) is 0 Å². The lowest BCUT2D eigenvalue weighted by Gasteiger charge is -2.35. The highest BCUT2D eigenvalue weighted by Gasteiger charge is 2.28. The molecule has 0 bridgehead atoms. The lowest BCUT2D eigenvalue weighted by atomic mass is 9.75. The van der Waals surface area contributed by atoms with Crippen LogP contribution in [-0.4, -0.2) is 25.3 Å². The quantitative estimate of drug-likeness (QED) is 0.706. The van der Waals surface area contributed by atoms with Crippen LogP contribution in [0, 0.1) is 11.8 Å². The molecule has 1 N–H and O–H groups in total. The van der Waals surface area contributed by atoms with Crippen molar-refractivity contribution in [3.63, 3.8) is 0 Å². The maximum Gasteiger partial charge on any atom is 0.0576 e. The first-order valence-electron chi connectivity index (χ1n) is 9.18. The second-order valence-corrected chi connectivity index (χ2v) is 6.97. The van der Waals surface area contributed by atoms with Gasteiger partial charge in [0, 0.05) is 12.6 Å². The van der Waals surface area contributed by atoms with E-state index in [4.69, 9.17) is 4.74 Å². The topological polar surface area (TPSA) is 21.3 Å². The predicted octanol–water partition coefficient (Wildman–Crippen LogP) is 4.53. The molecule has 0 spiro atoms. The largest absolute Gasteiger partial charge is 0.378 e. The first-order chi connectivity index (χ1) is 9.83. The minimum Gasteiger partial charge on any atom is -0.378 e. The SMILES string of the molecule is CCCNC(CCC1CCCO1)C1CCCC(CC)C1. The van der Waals surface area contributed by atoms with Crippen molar-refractivity contribution < 1.29 is 4.74 Å². The summed E-state index contributed by atoms with van der Waals surface area (Å²) < 4.78 is 5.81. The summed E-state index contributed by atoms with van der Waals surface area (Å²) in [6.07, 6.45) is 14.2. The summed E-state index contributed by atoms with van der Waals surface area (Å²) in [6, 6.07) is 0.744. The molecule has 2 rings (SSSR count). The van der Waals surface area contributed by atoms with Gasteiger partial charge >= 0.3 is 0 Å². The Hall–Kier alpha value is -0.0800. The molecule has 1 aliphatic heterocycles. The van der Waals surface area contributed by atoms with E-state index in [1.165, 1.54) is 70.8 Å². The molecule has 2 nitrogen and oxygen atoms in total. The van der Waals surface area contributed by atoms with Gasteiger partial charge < -0.3 is 10.1 Å². The summed E-state index contributed by atoms with van der Waals surface area (Å²) in [7, 11) is 0. The van der Waals surface area contributed by atoms with E-state index in [1.807, 2.05) is 0 Å². The average molecular weight is 281 g/mol. The zero-order valence-corrected chi connectivity index (χ0v) is 13.7. The molecule has 0 amide bonds. The third-order valence-corrected chi connectivity index (χ3v) is 5.45. The highest BCUT2D eigenvalue weighted by Crippen LogP contribution is 2.34. The van der Waals surface area contributed by atoms with Crippen LogP contribution in [0.3, 0.4) is 0 Å². The van der Waals surface area contributed by atoms with Gasteiger partial charge in [-0.05, 0) is 63.3 Å². The van der Waals surface area contributed by atoms with Gasteiger partial charge in [0.15, 0.2) is 0 Å². The summed E-state index contributed by atoms with van der Waals surface area (Å²) in [5.74, 6) is 1.91. The summed E-state index contributed by atoms with van der Waals surface area (Å²) in [5, 5.41) is 3.85. The highest BCUT2D eigenvalue weighted by atomic mass is 16.5. The molecule has 2 heteroatoms. The molecule has 4 unspecified atom stereocenters. The molecule has 20 heavy (non-hydrogen) atoms. The van der Waals surface area contributed by atoms with Crippen molar-refractivity contribution in [2.75, 3.05) is 13.2 Å². The Morgan fingerprint density at radius 1 is 1.15 bits per heavy atom. The van der Waals surface area contributed by atoms with Crippen molar-refractivity contribution in [2.45, 2.75) is 90.2 Å². The van der Waals surface area contributed by atoms with E-state index in [0.29, 0.717) is 6.10 Å². The summed E-state index contributed by atoms with van der Waals surface area (Å²) in [4.78, 5) is 0. The number of hydrogen-bond acceptors (Lipinski definition) is 2. The molecule has 2 aliphatic rings. The lowest BCUT2D eigenvalue weighted by molar-refractivity contribution is 0.0938. The van der Waals surface area contributed by atoms with E-state index in [9.17, 15) is 0 Å². The first-order valence-corrected chi connectivity index (χ1v) is 9.18. The second-order valence-electron chi connectivity index (χ2n) is 6.97. The molecular formula is C18H35NO. The number of rotatable bonds is 8. The molecule has 0 aromatic carbocycles. The van der Waals surface area contributed by atoms with Crippen LogP contribution < -0.4 is 5.32 Å². The Bertz CT molecular complexity index is 250. The van der Waals surface area contributed by atoms with Gasteiger partial charge in [-0.3, -0.25) is 0 Å². The molecule has 0 aromatic heterocycles. The van der Waals surface area contributed by atoms with Crippen LogP contribution in [-0.2, 0) is 4.74 Å². The van der Waals surface area contributed by atoms with Crippen LogP contribution >= 0.6 is 0 Å². The van der Waals surface area contributed by atoms with Crippen LogP contribution in [0.1, 0.15) is 78.1 Å². The Morgan fingerprint density at radius 2 is 2.05 bits per heavy atom. The molecule has 1 heterocycles. The fourth-order valence-corrected chi connectivity index (χ4v) is 4.14. The summed E-state index contributed by atoms with van der Waals surface area (Å²) in [6.45, 7) is 6.83.